The SMILES string of the molecule is CCN(C)C(=O)C1COC2(CCN(C(=O)c3cccc(F)c3)CC2)N1C(=O)c1ccccc1. The number of likely N-dealkylation sites (tertiary alicyclic amines) is 1. The number of rotatable bonds is 4. The van der Waals surface area contributed by atoms with E-state index in [4.69, 9.17) is 4.74 Å². The highest BCUT2D eigenvalue weighted by atomic mass is 19.1. The summed E-state index contributed by atoms with van der Waals surface area (Å²) in [6.45, 7) is 3.17. The molecule has 2 saturated heterocycles. The smallest absolute Gasteiger partial charge is 0.256 e. The van der Waals surface area contributed by atoms with E-state index < -0.39 is 17.6 Å². The van der Waals surface area contributed by atoms with Gasteiger partial charge in [0.15, 0.2) is 0 Å². The van der Waals surface area contributed by atoms with E-state index in [9.17, 15) is 18.8 Å². The average Bonchev–Trinajstić information content (AvgIpc) is 3.21. The van der Waals surface area contributed by atoms with Gasteiger partial charge in [-0.2, -0.15) is 0 Å². The highest BCUT2D eigenvalue weighted by Crippen LogP contribution is 2.39. The molecule has 7 nitrogen and oxygen atoms in total. The van der Waals surface area contributed by atoms with Crippen LogP contribution < -0.4 is 0 Å². The van der Waals surface area contributed by atoms with E-state index in [-0.39, 0.29) is 29.9 Å². The van der Waals surface area contributed by atoms with Crippen LogP contribution in [-0.4, -0.2) is 77.5 Å². The van der Waals surface area contributed by atoms with Crippen LogP contribution in [0.1, 0.15) is 40.5 Å². The quantitative estimate of drug-likeness (QED) is 0.714. The van der Waals surface area contributed by atoms with Gasteiger partial charge in [-0.1, -0.05) is 24.3 Å². The second kappa shape index (κ2) is 9.31. The standard InChI is InChI=1S/C25H28FN3O4/c1-3-27(2)24(32)21-17-33-25(29(21)23(31)18-8-5-4-6-9-18)12-14-28(15-13-25)22(30)19-10-7-11-20(26)16-19/h4-11,16,21H,3,12-15,17H2,1-2H3. The Morgan fingerprint density at radius 3 is 2.33 bits per heavy atom. The molecule has 0 bridgehead atoms. The summed E-state index contributed by atoms with van der Waals surface area (Å²) in [6.07, 6.45) is 0.735. The minimum absolute atomic E-state index is 0.111. The molecule has 2 aromatic rings. The number of carbonyl (C=O) groups is 3. The molecule has 0 aliphatic carbocycles. The van der Waals surface area contributed by atoms with Crippen LogP contribution in [0.25, 0.3) is 0 Å². The Morgan fingerprint density at radius 2 is 1.70 bits per heavy atom. The van der Waals surface area contributed by atoms with Gasteiger partial charge in [0.05, 0.1) is 6.61 Å². The lowest BCUT2D eigenvalue weighted by Gasteiger charge is -2.44. The van der Waals surface area contributed by atoms with E-state index in [0.29, 0.717) is 38.0 Å². The monoisotopic (exact) mass is 453 g/mol. The number of halogens is 1. The molecule has 1 spiro atoms. The number of carbonyl (C=O) groups excluding carboxylic acids is 3. The van der Waals surface area contributed by atoms with Crippen LogP contribution in [0.15, 0.2) is 54.6 Å². The molecule has 8 heteroatoms. The van der Waals surface area contributed by atoms with Gasteiger partial charge in [0, 0.05) is 50.7 Å². The van der Waals surface area contributed by atoms with Crippen LogP contribution in [-0.2, 0) is 9.53 Å². The second-order valence-electron chi connectivity index (χ2n) is 8.47. The molecule has 2 aromatic carbocycles. The molecule has 4 rings (SSSR count). The van der Waals surface area contributed by atoms with Crippen molar-refractivity contribution in [1.82, 2.24) is 14.7 Å². The van der Waals surface area contributed by atoms with Gasteiger partial charge in [-0.3, -0.25) is 19.3 Å². The highest BCUT2D eigenvalue weighted by Gasteiger charge is 2.54. The Balaban J connectivity index is 1.58. The maximum atomic E-state index is 13.6. The molecule has 2 aliphatic heterocycles. The number of amides is 3. The lowest BCUT2D eigenvalue weighted by atomic mass is 9.96. The predicted octanol–water partition coefficient (Wildman–Crippen LogP) is 2.78. The van der Waals surface area contributed by atoms with Crippen molar-refractivity contribution in [2.45, 2.75) is 31.5 Å². The summed E-state index contributed by atoms with van der Waals surface area (Å²) in [5.41, 5.74) is -0.202. The first-order valence-electron chi connectivity index (χ1n) is 11.2. The number of ether oxygens (including phenoxy) is 1. The zero-order chi connectivity index (χ0) is 23.6. The molecule has 2 aliphatic rings. The topological polar surface area (TPSA) is 70.2 Å². The van der Waals surface area contributed by atoms with E-state index in [2.05, 4.69) is 0 Å². The lowest BCUT2D eigenvalue weighted by Crippen LogP contribution is -2.59. The van der Waals surface area contributed by atoms with E-state index in [1.165, 1.54) is 18.2 Å². The van der Waals surface area contributed by atoms with Crippen molar-refractivity contribution in [3.8, 4) is 0 Å². The Labute approximate surface area is 192 Å². The van der Waals surface area contributed by atoms with Crippen molar-refractivity contribution in [3.05, 3.63) is 71.5 Å². The molecule has 0 radical (unpaired) electrons. The number of piperidine rings is 1. The zero-order valence-electron chi connectivity index (χ0n) is 18.9. The fourth-order valence-corrected chi connectivity index (χ4v) is 4.55. The molecular weight excluding hydrogens is 425 g/mol. The van der Waals surface area contributed by atoms with Gasteiger partial charge in [0.1, 0.15) is 17.6 Å². The molecule has 0 saturated carbocycles. The minimum Gasteiger partial charge on any atom is -0.353 e. The number of nitrogens with zero attached hydrogens (tertiary/aromatic N) is 3. The Hall–Kier alpha value is -3.26. The molecule has 0 N–H and O–H groups in total. The molecule has 1 unspecified atom stereocenters. The molecule has 3 amide bonds. The first-order chi connectivity index (χ1) is 15.9. The van der Waals surface area contributed by atoms with E-state index >= 15 is 0 Å². The van der Waals surface area contributed by atoms with Crippen LogP contribution in [0.4, 0.5) is 4.39 Å². The van der Waals surface area contributed by atoms with Gasteiger partial charge in [0.2, 0.25) is 5.91 Å². The van der Waals surface area contributed by atoms with Crippen LogP contribution in [0.3, 0.4) is 0 Å². The van der Waals surface area contributed by atoms with Crippen molar-refractivity contribution >= 4 is 17.7 Å². The number of benzene rings is 2. The normalized spacial score (nSPS) is 19.5. The van der Waals surface area contributed by atoms with Crippen LogP contribution in [0, 0.1) is 5.82 Å². The molecule has 174 valence electrons. The van der Waals surface area contributed by atoms with Crippen molar-refractivity contribution in [1.29, 1.82) is 0 Å². The second-order valence-corrected chi connectivity index (χ2v) is 8.47. The van der Waals surface area contributed by atoms with Gasteiger partial charge in [-0.25, -0.2) is 4.39 Å². The third-order valence-electron chi connectivity index (χ3n) is 6.54. The Bertz CT molecular complexity index is 1040. The summed E-state index contributed by atoms with van der Waals surface area (Å²) >= 11 is 0. The molecule has 1 atom stereocenters. The van der Waals surface area contributed by atoms with Gasteiger partial charge in [0.25, 0.3) is 11.8 Å². The minimum atomic E-state index is -0.972. The van der Waals surface area contributed by atoms with E-state index in [1.807, 2.05) is 13.0 Å². The highest BCUT2D eigenvalue weighted by molar-refractivity contribution is 5.98. The van der Waals surface area contributed by atoms with E-state index in [0.717, 1.165) is 0 Å². The molecule has 2 fully saturated rings. The van der Waals surface area contributed by atoms with Gasteiger partial charge >= 0.3 is 0 Å². The molecule has 0 aromatic heterocycles. The largest absolute Gasteiger partial charge is 0.353 e. The summed E-state index contributed by atoms with van der Waals surface area (Å²) in [5.74, 6) is -1.16. The summed E-state index contributed by atoms with van der Waals surface area (Å²) in [6, 6.07) is 13.7. The van der Waals surface area contributed by atoms with Gasteiger partial charge in [-0.15, -0.1) is 0 Å². The summed E-state index contributed by atoms with van der Waals surface area (Å²) < 4.78 is 19.8. The van der Waals surface area contributed by atoms with Gasteiger partial charge in [-0.05, 0) is 37.3 Å². The summed E-state index contributed by atoms with van der Waals surface area (Å²) in [7, 11) is 1.71. The van der Waals surface area contributed by atoms with Crippen LogP contribution >= 0.6 is 0 Å². The third-order valence-corrected chi connectivity index (χ3v) is 6.54. The maximum absolute atomic E-state index is 13.6. The van der Waals surface area contributed by atoms with Crippen molar-refractivity contribution < 1.29 is 23.5 Å². The molecular formula is C25H28FN3O4. The average molecular weight is 454 g/mol. The van der Waals surface area contributed by atoms with Crippen LogP contribution in [0.5, 0.6) is 0 Å². The summed E-state index contributed by atoms with van der Waals surface area (Å²) in [5, 5.41) is 0. The van der Waals surface area contributed by atoms with Crippen molar-refractivity contribution in [2.24, 2.45) is 0 Å². The fourth-order valence-electron chi connectivity index (χ4n) is 4.55. The van der Waals surface area contributed by atoms with Crippen LogP contribution in [0.2, 0.25) is 0 Å². The predicted molar refractivity (Wildman–Crippen MR) is 120 cm³/mol. The van der Waals surface area contributed by atoms with Crippen molar-refractivity contribution in [3.63, 3.8) is 0 Å². The van der Waals surface area contributed by atoms with Crippen molar-refractivity contribution in [2.75, 3.05) is 33.3 Å². The van der Waals surface area contributed by atoms with E-state index in [1.54, 1.807) is 52.1 Å². The number of likely N-dealkylation sites (N-methyl/N-ethyl adjacent to an activating group) is 1. The first-order valence-corrected chi connectivity index (χ1v) is 11.2. The number of hydrogen-bond acceptors (Lipinski definition) is 4. The fraction of sp³-hybridized carbons (Fsp3) is 0.400. The lowest BCUT2D eigenvalue weighted by molar-refractivity contribution is -0.136. The zero-order valence-corrected chi connectivity index (χ0v) is 18.9. The third kappa shape index (κ3) is 4.35. The summed E-state index contributed by atoms with van der Waals surface area (Å²) in [4.78, 5) is 44.3. The molecule has 33 heavy (non-hydrogen) atoms. The Kier molecular flexibility index (Phi) is 6.47. The number of hydrogen-bond donors (Lipinski definition) is 0. The van der Waals surface area contributed by atoms with Gasteiger partial charge < -0.3 is 14.5 Å². The maximum Gasteiger partial charge on any atom is 0.256 e. The first kappa shape index (κ1) is 22.9. The Morgan fingerprint density at radius 1 is 1.03 bits per heavy atom. The molecule has 2 heterocycles.